The fourth-order valence-corrected chi connectivity index (χ4v) is 2.16. The number of nitrogens with one attached hydrogen (secondary N) is 1. The Morgan fingerprint density at radius 3 is 2.21 bits per heavy atom. The average Bonchev–Trinajstić information content (AvgIpc) is 2.59. The molecule has 0 aliphatic rings. The van der Waals surface area contributed by atoms with Crippen LogP contribution in [0.5, 0.6) is 0 Å². The quantitative estimate of drug-likeness (QED) is 0.694. The normalized spacial score (nSPS) is 9.62. The summed E-state index contributed by atoms with van der Waals surface area (Å²) in [6.07, 6.45) is 1.24. The molecule has 126 valence electrons. The number of hydrogen-bond acceptors (Lipinski definition) is 4. The molecular weight excluding hydrogens is 328 g/mol. The lowest BCUT2D eigenvalue weighted by Gasteiger charge is -2.20. The van der Waals surface area contributed by atoms with Crippen molar-refractivity contribution in [3.63, 3.8) is 0 Å². The minimum Gasteiger partial charge on any atom is -0.352 e. The molecule has 0 aromatic heterocycles. The van der Waals surface area contributed by atoms with Crippen LogP contribution in [0.4, 0.5) is 0 Å². The Morgan fingerprint density at radius 1 is 1.08 bits per heavy atom. The average molecular weight is 347 g/mol. The first-order chi connectivity index (χ1) is 11.6. The number of nitriles is 2. The number of halogens is 1. The number of benzene rings is 1. The summed E-state index contributed by atoms with van der Waals surface area (Å²) in [7, 11) is 0. The molecule has 0 spiro atoms. The van der Waals surface area contributed by atoms with Crippen molar-refractivity contribution in [2.24, 2.45) is 0 Å². The molecule has 1 N–H and O–H groups in total. The Bertz CT molecular complexity index is 613. The molecule has 0 saturated heterocycles. The molecule has 6 nitrogen and oxygen atoms in total. The van der Waals surface area contributed by atoms with Crippen LogP contribution in [0.25, 0.3) is 0 Å². The van der Waals surface area contributed by atoms with Crippen LogP contribution in [0, 0.1) is 22.7 Å². The number of hydrogen-bond donors (Lipinski definition) is 1. The lowest BCUT2D eigenvalue weighted by atomic mass is 10.2. The van der Waals surface area contributed by atoms with Crippen molar-refractivity contribution < 1.29 is 9.59 Å². The van der Waals surface area contributed by atoms with Gasteiger partial charge in [-0.05, 0) is 30.7 Å². The van der Waals surface area contributed by atoms with E-state index in [0.29, 0.717) is 36.6 Å². The van der Waals surface area contributed by atoms with Gasteiger partial charge in [0.05, 0.1) is 25.0 Å². The largest absolute Gasteiger partial charge is 0.352 e. The molecule has 24 heavy (non-hydrogen) atoms. The van der Waals surface area contributed by atoms with Gasteiger partial charge in [0.2, 0.25) is 5.91 Å². The third-order valence-corrected chi connectivity index (χ3v) is 3.55. The number of carbonyl (C=O) groups excluding carboxylic acids is 2. The first-order valence-electron chi connectivity index (χ1n) is 7.64. The van der Waals surface area contributed by atoms with Gasteiger partial charge in [0.25, 0.3) is 5.91 Å². The van der Waals surface area contributed by atoms with Gasteiger partial charge in [-0.1, -0.05) is 11.6 Å². The van der Waals surface area contributed by atoms with Gasteiger partial charge in [0.1, 0.15) is 0 Å². The molecule has 1 rings (SSSR count). The maximum atomic E-state index is 12.1. The second kappa shape index (κ2) is 11.0. The van der Waals surface area contributed by atoms with E-state index in [2.05, 4.69) is 5.32 Å². The Hall–Kier alpha value is -2.57. The zero-order valence-corrected chi connectivity index (χ0v) is 14.1. The highest BCUT2D eigenvalue weighted by molar-refractivity contribution is 6.30. The van der Waals surface area contributed by atoms with Crippen molar-refractivity contribution in [2.75, 3.05) is 19.6 Å². The van der Waals surface area contributed by atoms with Gasteiger partial charge < -0.3 is 10.2 Å². The van der Waals surface area contributed by atoms with Crippen LogP contribution in [-0.4, -0.2) is 36.3 Å². The maximum Gasteiger partial charge on any atom is 0.251 e. The number of carbonyl (C=O) groups is 2. The summed E-state index contributed by atoms with van der Waals surface area (Å²) in [6.45, 7) is 1.03. The third kappa shape index (κ3) is 7.13. The highest BCUT2D eigenvalue weighted by Crippen LogP contribution is 2.09. The predicted octanol–water partition coefficient (Wildman–Crippen LogP) is 2.51. The standard InChI is InChI=1S/C17H19ClN4O2/c18-15-7-5-14(6-8-15)17(24)21-11-1-4-16(23)22(12-2-9-19)13-3-10-20/h5-8H,1-4,11-13H2,(H,21,24). The second-order valence-electron chi connectivity index (χ2n) is 5.06. The molecule has 1 aromatic rings. The van der Waals surface area contributed by atoms with E-state index in [1.165, 1.54) is 4.90 Å². The highest BCUT2D eigenvalue weighted by Gasteiger charge is 2.13. The number of nitrogens with zero attached hydrogens (tertiary/aromatic N) is 3. The summed E-state index contributed by atoms with van der Waals surface area (Å²) in [6, 6.07) is 10.5. The van der Waals surface area contributed by atoms with Crippen molar-refractivity contribution >= 4 is 23.4 Å². The van der Waals surface area contributed by atoms with Gasteiger partial charge in [-0.15, -0.1) is 0 Å². The molecule has 0 saturated carbocycles. The number of rotatable bonds is 9. The van der Waals surface area contributed by atoms with E-state index in [9.17, 15) is 9.59 Å². The van der Waals surface area contributed by atoms with E-state index in [1.807, 2.05) is 12.1 Å². The van der Waals surface area contributed by atoms with Crippen molar-refractivity contribution in [3.8, 4) is 12.1 Å². The second-order valence-corrected chi connectivity index (χ2v) is 5.50. The van der Waals surface area contributed by atoms with Crippen LogP contribution in [0.15, 0.2) is 24.3 Å². The third-order valence-electron chi connectivity index (χ3n) is 3.30. The lowest BCUT2D eigenvalue weighted by Crippen LogP contribution is -2.33. The zero-order chi connectivity index (χ0) is 17.8. The van der Waals surface area contributed by atoms with E-state index < -0.39 is 0 Å². The minimum atomic E-state index is -0.218. The summed E-state index contributed by atoms with van der Waals surface area (Å²) >= 11 is 5.77. The molecule has 0 bridgehead atoms. The van der Waals surface area contributed by atoms with E-state index in [-0.39, 0.29) is 31.1 Å². The van der Waals surface area contributed by atoms with Crippen molar-refractivity contribution in [3.05, 3.63) is 34.9 Å². The molecule has 2 amide bonds. The van der Waals surface area contributed by atoms with Crippen molar-refractivity contribution in [1.29, 1.82) is 10.5 Å². The van der Waals surface area contributed by atoms with Gasteiger partial charge in [-0.2, -0.15) is 10.5 Å². The fourth-order valence-electron chi connectivity index (χ4n) is 2.03. The summed E-state index contributed by atoms with van der Waals surface area (Å²) in [4.78, 5) is 25.5. The van der Waals surface area contributed by atoms with Crippen LogP contribution < -0.4 is 5.32 Å². The molecule has 0 atom stereocenters. The molecule has 1 aromatic carbocycles. The van der Waals surface area contributed by atoms with Gasteiger partial charge in [0, 0.05) is 36.6 Å². The molecule has 0 fully saturated rings. The molecule has 0 aliphatic heterocycles. The molecular formula is C17H19ClN4O2. The first-order valence-corrected chi connectivity index (χ1v) is 8.01. The lowest BCUT2D eigenvalue weighted by molar-refractivity contribution is -0.131. The fraction of sp³-hybridized carbons (Fsp3) is 0.412. The Labute approximate surface area is 146 Å². The maximum absolute atomic E-state index is 12.1. The van der Waals surface area contributed by atoms with E-state index in [4.69, 9.17) is 22.1 Å². The van der Waals surface area contributed by atoms with Gasteiger partial charge in [0.15, 0.2) is 0 Å². The van der Waals surface area contributed by atoms with Crippen molar-refractivity contribution in [2.45, 2.75) is 25.7 Å². The first kappa shape index (κ1) is 19.5. The van der Waals surface area contributed by atoms with Crippen LogP contribution in [0.3, 0.4) is 0 Å². The molecule has 7 heteroatoms. The monoisotopic (exact) mass is 346 g/mol. The smallest absolute Gasteiger partial charge is 0.251 e. The predicted molar refractivity (Wildman–Crippen MR) is 90.1 cm³/mol. The van der Waals surface area contributed by atoms with E-state index in [1.54, 1.807) is 24.3 Å². The Balaban J connectivity index is 2.35. The van der Waals surface area contributed by atoms with Crippen molar-refractivity contribution in [1.82, 2.24) is 10.2 Å². The SMILES string of the molecule is N#CCCN(CCC#N)C(=O)CCCNC(=O)c1ccc(Cl)cc1. The van der Waals surface area contributed by atoms with Gasteiger partial charge >= 0.3 is 0 Å². The van der Waals surface area contributed by atoms with E-state index in [0.717, 1.165) is 0 Å². The minimum absolute atomic E-state index is 0.110. The van der Waals surface area contributed by atoms with Gasteiger partial charge in [-0.3, -0.25) is 9.59 Å². The van der Waals surface area contributed by atoms with Crippen LogP contribution in [0.1, 0.15) is 36.0 Å². The molecule has 0 heterocycles. The number of amides is 2. The van der Waals surface area contributed by atoms with E-state index >= 15 is 0 Å². The highest BCUT2D eigenvalue weighted by atomic mass is 35.5. The summed E-state index contributed by atoms with van der Waals surface area (Å²) in [5.41, 5.74) is 0.510. The Kier molecular flexibility index (Phi) is 8.96. The summed E-state index contributed by atoms with van der Waals surface area (Å²) < 4.78 is 0. The Morgan fingerprint density at radius 2 is 1.67 bits per heavy atom. The van der Waals surface area contributed by atoms with Crippen LogP contribution in [0.2, 0.25) is 5.02 Å². The summed E-state index contributed by atoms with van der Waals surface area (Å²) in [5, 5.41) is 20.5. The molecule has 0 unspecified atom stereocenters. The molecule has 0 aliphatic carbocycles. The van der Waals surface area contributed by atoms with Gasteiger partial charge in [-0.25, -0.2) is 0 Å². The summed E-state index contributed by atoms with van der Waals surface area (Å²) in [5.74, 6) is -0.328. The topological polar surface area (TPSA) is 97.0 Å². The van der Waals surface area contributed by atoms with Crippen LogP contribution >= 0.6 is 11.6 Å². The zero-order valence-electron chi connectivity index (χ0n) is 13.3. The molecule has 0 radical (unpaired) electrons. The van der Waals surface area contributed by atoms with Crippen LogP contribution in [-0.2, 0) is 4.79 Å².